The number of phenolic OH excluding ortho intramolecular Hbond substituents is 1. The van der Waals surface area contributed by atoms with Gasteiger partial charge in [-0.05, 0) is 60.7 Å². The number of carbonyl (C=O) groups excluding carboxylic acids is 4. The minimum absolute atomic E-state index is 0.00888. The van der Waals surface area contributed by atoms with Gasteiger partial charge in [0, 0.05) is 47.8 Å². The molecule has 4 aromatic rings. The summed E-state index contributed by atoms with van der Waals surface area (Å²) in [6.45, 7) is 0. The van der Waals surface area contributed by atoms with Crippen LogP contribution in [0, 0.1) is 43.9 Å². The van der Waals surface area contributed by atoms with Gasteiger partial charge in [-0.1, -0.05) is 71.2 Å². The molecule has 4 aromatic carbocycles. The number of amides is 4. The third-order valence-corrected chi connectivity index (χ3v) is 12.1. The first-order valence-corrected chi connectivity index (χ1v) is 18.3. The normalized spacial score (nSPS) is 25.4. The molecule has 6 atom stereocenters. The Morgan fingerprint density at radius 3 is 2.05 bits per heavy atom. The van der Waals surface area contributed by atoms with Gasteiger partial charge < -0.3 is 10.0 Å². The number of hydrogen-bond donors (Lipinski definition) is 1. The average molecular weight is 797 g/mol. The van der Waals surface area contributed by atoms with Crippen LogP contribution in [0.3, 0.4) is 0 Å². The second-order valence-electron chi connectivity index (χ2n) is 14.5. The van der Waals surface area contributed by atoms with Gasteiger partial charge in [0.05, 0.1) is 44.4 Å². The van der Waals surface area contributed by atoms with Crippen LogP contribution in [0.25, 0.3) is 0 Å². The van der Waals surface area contributed by atoms with E-state index in [1.165, 1.54) is 43.3 Å². The van der Waals surface area contributed by atoms with Gasteiger partial charge in [-0.3, -0.25) is 39.4 Å². The summed E-state index contributed by atoms with van der Waals surface area (Å²) >= 11 is 12.9. The molecule has 4 amide bonds. The number of nitrogens with zero attached hydrogens (tertiary/aromatic N) is 5. The van der Waals surface area contributed by atoms with Gasteiger partial charge in [0.1, 0.15) is 5.75 Å². The van der Waals surface area contributed by atoms with Gasteiger partial charge in [0.2, 0.25) is 23.6 Å². The van der Waals surface area contributed by atoms with Crippen LogP contribution in [0.15, 0.2) is 96.6 Å². The summed E-state index contributed by atoms with van der Waals surface area (Å²) in [4.78, 5) is 85.1. The fourth-order valence-electron chi connectivity index (χ4n) is 9.55. The molecule has 1 N–H and O–H groups in total. The summed E-state index contributed by atoms with van der Waals surface area (Å²) in [6.07, 6.45) is 1.69. The summed E-state index contributed by atoms with van der Waals surface area (Å²) in [5, 5.41) is 36.5. The van der Waals surface area contributed by atoms with Crippen LogP contribution in [0.1, 0.15) is 29.9 Å². The number of imide groups is 2. The fraction of sp³-hybridized carbons (Fsp3) is 0.250. The van der Waals surface area contributed by atoms with Crippen molar-refractivity contribution in [1.29, 1.82) is 0 Å². The number of allylic oxidation sites excluding steroid dienone is 2. The van der Waals surface area contributed by atoms with Gasteiger partial charge in [-0.15, -0.1) is 0 Å². The third kappa shape index (κ3) is 5.23. The second-order valence-corrected chi connectivity index (χ2v) is 15.4. The minimum atomic E-state index is -1.67. The predicted molar refractivity (Wildman–Crippen MR) is 206 cm³/mol. The molecule has 14 nitrogen and oxygen atoms in total. The standard InChI is InChI=1S/C40H31Cl2N5O9/c1-43(2)35-30(46(53)54)17-24(18-31(35)47(55)56)44-36(49)26-13-12-25-27(33(26)38(44)51)19-29-37(50)45(23-10-6-9-21(41)15-23)39(52)40(29,20-7-4-3-5-8-20)34(25)28-16-22(42)11-14-32(28)48/h3-12,14-18,26-27,29,33-34,48H,13,19H2,1-2H3/t26-,27+,29-,33-,34+,40+/m0/s1. The zero-order valence-corrected chi connectivity index (χ0v) is 31.2. The number of aromatic hydroxyl groups is 1. The Hall–Kier alpha value is -6.12. The molecule has 2 aliphatic carbocycles. The number of nitro benzene ring substituents is 2. The molecular formula is C40H31Cl2N5O9. The average Bonchev–Trinajstić information content (AvgIpc) is 3.56. The Morgan fingerprint density at radius 2 is 1.43 bits per heavy atom. The van der Waals surface area contributed by atoms with Gasteiger partial charge >= 0.3 is 11.4 Å². The molecule has 56 heavy (non-hydrogen) atoms. The molecule has 0 spiro atoms. The van der Waals surface area contributed by atoms with Crippen LogP contribution < -0.4 is 14.7 Å². The first-order chi connectivity index (χ1) is 26.7. The van der Waals surface area contributed by atoms with Gasteiger partial charge in [-0.2, -0.15) is 0 Å². The first-order valence-electron chi connectivity index (χ1n) is 17.6. The largest absolute Gasteiger partial charge is 0.508 e. The van der Waals surface area contributed by atoms with E-state index in [9.17, 15) is 39.7 Å². The van der Waals surface area contributed by atoms with Crippen molar-refractivity contribution in [2.45, 2.75) is 24.2 Å². The van der Waals surface area contributed by atoms with E-state index < -0.39 is 79.9 Å². The topological polar surface area (TPSA) is 185 Å². The maximum absolute atomic E-state index is 15.3. The van der Waals surface area contributed by atoms with E-state index in [0.717, 1.165) is 21.9 Å². The molecule has 2 aliphatic heterocycles. The highest BCUT2D eigenvalue weighted by Gasteiger charge is 2.70. The summed E-state index contributed by atoms with van der Waals surface area (Å²) in [6, 6.07) is 21.4. The smallest absolute Gasteiger partial charge is 0.301 e. The van der Waals surface area contributed by atoms with Gasteiger partial charge in [0.15, 0.2) is 5.69 Å². The van der Waals surface area contributed by atoms with E-state index in [0.29, 0.717) is 11.1 Å². The van der Waals surface area contributed by atoms with E-state index in [1.807, 2.05) is 0 Å². The lowest BCUT2D eigenvalue weighted by Crippen LogP contribution is -2.53. The molecule has 8 rings (SSSR count). The van der Waals surface area contributed by atoms with E-state index in [-0.39, 0.29) is 51.3 Å². The maximum Gasteiger partial charge on any atom is 0.301 e. The second kappa shape index (κ2) is 13.3. The Balaban J connectivity index is 1.33. The van der Waals surface area contributed by atoms with Crippen LogP contribution in [-0.4, -0.2) is 52.7 Å². The Labute approximate surface area is 328 Å². The van der Waals surface area contributed by atoms with Crippen molar-refractivity contribution in [3.63, 3.8) is 0 Å². The number of halogens is 2. The maximum atomic E-state index is 15.3. The Morgan fingerprint density at radius 1 is 0.768 bits per heavy atom. The number of carbonyl (C=O) groups is 4. The molecule has 16 heteroatoms. The fourth-order valence-corrected chi connectivity index (χ4v) is 9.92. The number of rotatable bonds is 7. The molecule has 284 valence electrons. The van der Waals surface area contributed by atoms with Crippen LogP contribution >= 0.6 is 23.2 Å². The van der Waals surface area contributed by atoms with Crippen molar-refractivity contribution in [3.8, 4) is 5.75 Å². The number of nitro groups is 2. The highest BCUT2D eigenvalue weighted by Crippen LogP contribution is 2.65. The molecule has 2 heterocycles. The number of fused-ring (bicyclic) bond motifs is 4. The number of benzene rings is 4. The zero-order valence-electron chi connectivity index (χ0n) is 29.7. The van der Waals surface area contributed by atoms with E-state index in [2.05, 4.69) is 0 Å². The van der Waals surface area contributed by atoms with Crippen LogP contribution in [-0.2, 0) is 24.6 Å². The molecule has 4 aliphatic rings. The predicted octanol–water partition coefficient (Wildman–Crippen LogP) is 6.95. The van der Waals surface area contributed by atoms with Crippen molar-refractivity contribution in [3.05, 3.63) is 138 Å². The van der Waals surface area contributed by atoms with E-state index in [1.54, 1.807) is 54.6 Å². The molecule has 3 fully saturated rings. The molecule has 1 saturated carbocycles. The third-order valence-electron chi connectivity index (χ3n) is 11.6. The Kier molecular flexibility index (Phi) is 8.73. The van der Waals surface area contributed by atoms with E-state index in [4.69, 9.17) is 23.2 Å². The molecule has 0 aromatic heterocycles. The quantitative estimate of drug-likeness (QED) is 0.0889. The molecular weight excluding hydrogens is 765 g/mol. The monoisotopic (exact) mass is 795 g/mol. The summed E-state index contributed by atoms with van der Waals surface area (Å²) in [5.74, 6) is -8.05. The molecule has 2 saturated heterocycles. The van der Waals surface area contributed by atoms with Crippen molar-refractivity contribution in [2.24, 2.45) is 23.7 Å². The van der Waals surface area contributed by atoms with Gasteiger partial charge in [-0.25, -0.2) is 9.80 Å². The molecule has 0 radical (unpaired) electrons. The van der Waals surface area contributed by atoms with Crippen molar-refractivity contribution in [1.82, 2.24) is 0 Å². The highest BCUT2D eigenvalue weighted by molar-refractivity contribution is 6.32. The highest BCUT2D eigenvalue weighted by atomic mass is 35.5. The van der Waals surface area contributed by atoms with Crippen molar-refractivity contribution >= 4 is 75.3 Å². The number of hydrogen-bond acceptors (Lipinski definition) is 10. The zero-order chi connectivity index (χ0) is 40.0. The number of anilines is 3. The van der Waals surface area contributed by atoms with Crippen molar-refractivity contribution < 1.29 is 34.1 Å². The van der Waals surface area contributed by atoms with Crippen LogP contribution in [0.5, 0.6) is 5.75 Å². The number of phenols is 1. The lowest BCUT2D eigenvalue weighted by Gasteiger charge is -2.50. The lowest BCUT2D eigenvalue weighted by atomic mass is 9.49. The SMILES string of the molecule is CN(C)c1c([N+](=O)[O-])cc(N2C(=O)[C@H]3[C@H](CC=C4[C@H]3C[C@H]3C(=O)N(c5cccc(Cl)c5)C(=O)[C@@]3(c3ccccc3)[C@H]4c3cc(Cl)ccc3O)C2=O)cc1[N+](=O)[O-]. The molecule has 0 unspecified atom stereocenters. The Bertz CT molecular complexity index is 2420. The summed E-state index contributed by atoms with van der Waals surface area (Å²) in [7, 11) is 2.80. The molecule has 0 bridgehead atoms. The van der Waals surface area contributed by atoms with Crippen molar-refractivity contribution in [2.75, 3.05) is 28.8 Å². The summed E-state index contributed by atoms with van der Waals surface area (Å²) < 4.78 is 0. The lowest BCUT2D eigenvalue weighted by molar-refractivity contribution is -0.392. The first kappa shape index (κ1) is 36.8. The van der Waals surface area contributed by atoms with Gasteiger partial charge in [0.25, 0.3) is 0 Å². The summed E-state index contributed by atoms with van der Waals surface area (Å²) in [5.41, 5.74) is -2.21. The van der Waals surface area contributed by atoms with E-state index >= 15 is 4.79 Å². The van der Waals surface area contributed by atoms with Crippen LogP contribution in [0.4, 0.5) is 28.4 Å². The minimum Gasteiger partial charge on any atom is -0.508 e. The van der Waals surface area contributed by atoms with Crippen LogP contribution in [0.2, 0.25) is 10.0 Å².